The lowest BCUT2D eigenvalue weighted by Crippen LogP contribution is -2.08. The summed E-state index contributed by atoms with van der Waals surface area (Å²) < 4.78 is 27.2. The maximum Gasteiger partial charge on any atom is 0.232 e. The molecule has 0 aliphatic heterocycles. The summed E-state index contributed by atoms with van der Waals surface area (Å²) in [5.74, 6) is 0.714. The molecule has 0 N–H and O–H groups in total. The van der Waals surface area contributed by atoms with Crippen LogP contribution in [0.4, 0.5) is 0 Å². The monoisotopic (exact) mass is 344 g/mol. The van der Waals surface area contributed by atoms with Crippen LogP contribution in [-0.2, 0) is 9.05 Å². The molecule has 1 aromatic rings. The second kappa shape index (κ2) is 7.58. The van der Waals surface area contributed by atoms with Crippen molar-refractivity contribution in [3.8, 4) is 5.75 Å². The molecule has 19 heavy (non-hydrogen) atoms. The maximum atomic E-state index is 10.8. The first-order valence-corrected chi connectivity index (χ1v) is 9.01. The van der Waals surface area contributed by atoms with Crippen molar-refractivity contribution in [1.82, 2.24) is 0 Å². The summed E-state index contributed by atoms with van der Waals surface area (Å²) in [6, 6.07) is 5.01. The van der Waals surface area contributed by atoms with Gasteiger partial charge in [0.2, 0.25) is 9.05 Å². The van der Waals surface area contributed by atoms with Crippen LogP contribution in [0.5, 0.6) is 5.75 Å². The lowest BCUT2D eigenvalue weighted by molar-refractivity contribution is 0.282. The minimum Gasteiger partial charge on any atom is -0.492 e. The van der Waals surface area contributed by atoms with Crippen LogP contribution in [0.1, 0.15) is 19.8 Å². The predicted molar refractivity (Wildman–Crippen MR) is 80.0 cm³/mol. The van der Waals surface area contributed by atoms with Gasteiger partial charge >= 0.3 is 0 Å². The molecule has 1 atom stereocenters. The fourth-order valence-corrected chi connectivity index (χ4v) is 2.73. The van der Waals surface area contributed by atoms with Crippen molar-refractivity contribution in [2.24, 2.45) is 5.92 Å². The van der Waals surface area contributed by atoms with Crippen molar-refractivity contribution in [3.63, 3.8) is 0 Å². The normalized spacial score (nSPS) is 13.3. The van der Waals surface area contributed by atoms with Crippen LogP contribution in [0.3, 0.4) is 0 Å². The summed E-state index contributed by atoms with van der Waals surface area (Å²) in [4.78, 5) is 0. The zero-order valence-corrected chi connectivity index (χ0v) is 13.5. The Morgan fingerprint density at radius 1 is 1.26 bits per heavy atom. The second-order valence-corrected chi connectivity index (χ2v) is 8.09. The first-order valence-electron chi connectivity index (χ1n) is 5.78. The van der Waals surface area contributed by atoms with Crippen molar-refractivity contribution in [3.05, 3.63) is 28.2 Å². The van der Waals surface area contributed by atoms with Gasteiger partial charge in [-0.15, -0.1) is 0 Å². The molecule has 3 nitrogen and oxygen atoms in total. The van der Waals surface area contributed by atoms with E-state index in [-0.39, 0.29) is 11.7 Å². The third-order valence-electron chi connectivity index (χ3n) is 2.62. The Balaban J connectivity index is 2.35. The molecule has 0 saturated heterocycles. The largest absolute Gasteiger partial charge is 0.492 e. The predicted octanol–water partition coefficient (Wildman–Crippen LogP) is 4.36. The molecule has 0 bridgehead atoms. The number of benzene rings is 1. The van der Waals surface area contributed by atoms with Crippen LogP contribution in [0, 0.1) is 5.92 Å². The SMILES string of the molecule is CC(CCOc1cc(Cl)ccc1Cl)CCS(=O)(=O)Cl. The summed E-state index contributed by atoms with van der Waals surface area (Å²) in [6.07, 6.45) is 1.23. The van der Waals surface area contributed by atoms with Gasteiger partial charge in [0.25, 0.3) is 0 Å². The molecule has 7 heteroatoms. The zero-order chi connectivity index (χ0) is 14.5. The highest BCUT2D eigenvalue weighted by Crippen LogP contribution is 2.28. The number of rotatable bonds is 7. The Morgan fingerprint density at radius 3 is 2.58 bits per heavy atom. The zero-order valence-electron chi connectivity index (χ0n) is 10.4. The molecule has 0 fully saturated rings. The van der Waals surface area contributed by atoms with Gasteiger partial charge in [-0.05, 0) is 30.9 Å². The van der Waals surface area contributed by atoms with E-state index >= 15 is 0 Å². The van der Waals surface area contributed by atoms with Gasteiger partial charge in [0.1, 0.15) is 5.75 Å². The van der Waals surface area contributed by atoms with Crippen LogP contribution in [-0.4, -0.2) is 20.8 Å². The van der Waals surface area contributed by atoms with Crippen LogP contribution < -0.4 is 4.74 Å². The van der Waals surface area contributed by atoms with Crippen molar-refractivity contribution in [1.29, 1.82) is 0 Å². The third kappa shape index (κ3) is 7.25. The van der Waals surface area contributed by atoms with E-state index in [4.69, 9.17) is 38.6 Å². The molecule has 108 valence electrons. The van der Waals surface area contributed by atoms with Gasteiger partial charge in [0.15, 0.2) is 0 Å². The van der Waals surface area contributed by atoms with Gasteiger partial charge in [-0.3, -0.25) is 0 Å². The van der Waals surface area contributed by atoms with Gasteiger partial charge < -0.3 is 4.74 Å². The van der Waals surface area contributed by atoms with Crippen molar-refractivity contribution in [2.75, 3.05) is 12.4 Å². The number of ether oxygens (including phenoxy) is 1. The smallest absolute Gasteiger partial charge is 0.232 e. The lowest BCUT2D eigenvalue weighted by atomic mass is 10.1. The van der Waals surface area contributed by atoms with E-state index in [1.54, 1.807) is 18.2 Å². The van der Waals surface area contributed by atoms with E-state index in [1.807, 2.05) is 6.92 Å². The molecular formula is C12H15Cl3O3S. The Bertz CT molecular complexity index is 517. The van der Waals surface area contributed by atoms with E-state index in [0.29, 0.717) is 28.8 Å². The van der Waals surface area contributed by atoms with Crippen LogP contribution in [0.25, 0.3) is 0 Å². The number of hydrogen-bond acceptors (Lipinski definition) is 3. The molecule has 0 radical (unpaired) electrons. The summed E-state index contributed by atoms with van der Waals surface area (Å²) in [7, 11) is 1.74. The number of hydrogen-bond donors (Lipinski definition) is 0. The highest BCUT2D eigenvalue weighted by Gasteiger charge is 2.10. The second-order valence-electron chi connectivity index (χ2n) is 4.35. The summed E-state index contributed by atoms with van der Waals surface area (Å²) >= 11 is 11.8. The minimum atomic E-state index is -3.42. The van der Waals surface area contributed by atoms with E-state index in [2.05, 4.69) is 0 Å². The van der Waals surface area contributed by atoms with E-state index in [9.17, 15) is 8.42 Å². The summed E-state index contributed by atoms with van der Waals surface area (Å²) in [5, 5.41) is 1.06. The lowest BCUT2D eigenvalue weighted by Gasteiger charge is -2.12. The fraction of sp³-hybridized carbons (Fsp3) is 0.500. The van der Waals surface area contributed by atoms with Crippen molar-refractivity contribution >= 4 is 42.9 Å². The first kappa shape index (κ1) is 16.9. The molecule has 1 aromatic carbocycles. The molecule has 0 aromatic heterocycles. The first-order chi connectivity index (χ1) is 8.78. The molecule has 0 spiro atoms. The van der Waals surface area contributed by atoms with Gasteiger partial charge in [0.05, 0.1) is 17.4 Å². The van der Waals surface area contributed by atoms with Crippen LogP contribution in [0.2, 0.25) is 10.0 Å². The van der Waals surface area contributed by atoms with Gasteiger partial charge in [-0.1, -0.05) is 30.1 Å². The van der Waals surface area contributed by atoms with Gasteiger partial charge in [-0.2, -0.15) is 0 Å². The Kier molecular flexibility index (Phi) is 6.74. The highest BCUT2D eigenvalue weighted by atomic mass is 35.7. The van der Waals surface area contributed by atoms with Crippen molar-refractivity contribution < 1.29 is 13.2 Å². The van der Waals surface area contributed by atoms with Crippen LogP contribution in [0.15, 0.2) is 18.2 Å². The quantitative estimate of drug-likeness (QED) is 0.690. The Morgan fingerprint density at radius 2 is 1.95 bits per heavy atom. The number of halogens is 3. The minimum absolute atomic E-state index is 0.0202. The molecule has 1 rings (SSSR count). The molecule has 1 unspecified atom stereocenters. The fourth-order valence-electron chi connectivity index (χ4n) is 1.44. The average Bonchev–Trinajstić information content (AvgIpc) is 2.30. The highest BCUT2D eigenvalue weighted by molar-refractivity contribution is 8.13. The third-order valence-corrected chi connectivity index (χ3v) is 4.35. The summed E-state index contributed by atoms with van der Waals surface area (Å²) in [5.41, 5.74) is 0. The average molecular weight is 346 g/mol. The van der Waals surface area contributed by atoms with Gasteiger partial charge in [-0.25, -0.2) is 8.42 Å². The standard InChI is InChI=1S/C12H15Cl3O3S/c1-9(5-7-19(15,16)17)4-6-18-12-8-10(13)2-3-11(12)14/h2-3,8-9H,4-7H2,1H3. The Labute approximate surface area is 128 Å². The van der Waals surface area contributed by atoms with Crippen LogP contribution >= 0.6 is 33.9 Å². The maximum absolute atomic E-state index is 10.8. The van der Waals surface area contributed by atoms with E-state index in [1.165, 1.54) is 0 Å². The molecule has 0 amide bonds. The topological polar surface area (TPSA) is 43.4 Å². The molecule has 0 saturated carbocycles. The molecule has 0 heterocycles. The van der Waals surface area contributed by atoms with E-state index < -0.39 is 9.05 Å². The molecule has 0 aliphatic rings. The Hall–Kier alpha value is -0.160. The van der Waals surface area contributed by atoms with Gasteiger partial charge in [0, 0.05) is 21.8 Å². The molecule has 0 aliphatic carbocycles. The molecular weight excluding hydrogens is 331 g/mol. The van der Waals surface area contributed by atoms with E-state index in [0.717, 1.165) is 6.42 Å². The summed E-state index contributed by atoms with van der Waals surface area (Å²) in [6.45, 7) is 2.40. The van der Waals surface area contributed by atoms with Crippen molar-refractivity contribution in [2.45, 2.75) is 19.8 Å².